The molecule has 3 aromatic carbocycles. The number of halogens is 3. The molecule has 27 heteroatoms. The van der Waals surface area contributed by atoms with E-state index in [0.717, 1.165) is 194 Å². The molecule has 3 amide bonds. The van der Waals surface area contributed by atoms with Crippen molar-refractivity contribution in [2.75, 3.05) is 78.2 Å². The van der Waals surface area contributed by atoms with Gasteiger partial charge in [-0.3, -0.25) is 27.6 Å². The molecule has 3 saturated carbocycles. The molecule has 3 aliphatic carbocycles. The maximum Gasteiger partial charge on any atom is 0.226 e. The average Bonchev–Trinajstić information content (AvgIpc) is 1.57. The topological polar surface area (TPSA) is 243 Å². The lowest BCUT2D eigenvalue weighted by molar-refractivity contribution is -0.133. The molecule has 12 unspecified atom stereocenters. The summed E-state index contributed by atoms with van der Waals surface area (Å²) in [6.45, 7) is 3.91. The van der Waals surface area contributed by atoms with Crippen LogP contribution < -0.4 is 44.4 Å². The number of fused-ring (bicyclic) bond motifs is 12. The van der Waals surface area contributed by atoms with Crippen LogP contribution >= 0.6 is 47.8 Å². The van der Waals surface area contributed by atoms with Crippen molar-refractivity contribution in [3.8, 4) is 34.5 Å². The number of piperidine rings is 6. The van der Waals surface area contributed by atoms with Crippen LogP contribution in [0.15, 0.2) is 106 Å². The monoisotopic (exact) mass is 1530 g/mol. The van der Waals surface area contributed by atoms with Gasteiger partial charge in [-0.2, -0.15) is 0 Å². The first-order chi connectivity index (χ1) is 48.3. The molecular formula is C72H78Br3N15O9. The summed E-state index contributed by atoms with van der Waals surface area (Å²) in [7, 11) is 9.88. The van der Waals surface area contributed by atoms with Gasteiger partial charge in [-0.15, -0.1) is 0 Å². The summed E-state index contributed by atoms with van der Waals surface area (Å²) in [6.07, 6.45) is 20.9. The van der Waals surface area contributed by atoms with E-state index in [0.29, 0.717) is 91.0 Å². The van der Waals surface area contributed by atoms with E-state index < -0.39 is 0 Å². The maximum atomic E-state index is 12.6. The number of carbonyl (C=O) groups is 3. The quantitative estimate of drug-likeness (QED) is 0.0723. The zero-order valence-electron chi connectivity index (χ0n) is 55.9. The molecule has 0 bridgehead atoms. The van der Waals surface area contributed by atoms with E-state index in [1.165, 1.54) is 0 Å². The van der Waals surface area contributed by atoms with Crippen molar-refractivity contribution in [3.63, 3.8) is 0 Å². The number of anilines is 3. The molecule has 6 aromatic heterocycles. The van der Waals surface area contributed by atoms with E-state index in [1.807, 2.05) is 73.2 Å². The Morgan fingerprint density at radius 1 is 0.414 bits per heavy atom. The molecule has 24 nitrogen and oxygen atoms in total. The van der Waals surface area contributed by atoms with E-state index in [2.05, 4.69) is 107 Å². The molecule has 516 valence electrons. The SMILES string of the molecule is COc1ccc(CNc2nccn3c(C4CCC5C6CC6C(=O)N5C4)nc(Br)c23)c(OC)c1.COc1ccc(CNc2nccn3c(C4CCC5C6CC6C(=O)N5C4)nc(Br)c23)c(OC)c1.COc1ccc(CNc2nccn3c(C4CCC5C6CC6C(=O)N5C4)nc(Br)c23)c(OC)c1. The fraction of sp³-hybridized carbons (Fsp3) is 0.458. The predicted molar refractivity (Wildman–Crippen MR) is 380 cm³/mol. The zero-order chi connectivity index (χ0) is 68.1. The Morgan fingerprint density at radius 2 is 0.707 bits per heavy atom. The number of amides is 3. The van der Waals surface area contributed by atoms with Gasteiger partial charge in [0, 0.05) is 165 Å². The molecule has 9 aliphatic rings. The van der Waals surface area contributed by atoms with Gasteiger partial charge in [0.15, 0.2) is 17.5 Å². The van der Waals surface area contributed by atoms with E-state index in [4.69, 9.17) is 43.4 Å². The third kappa shape index (κ3) is 11.9. The molecule has 12 atom stereocenters. The number of carbonyl (C=O) groups excluding carboxylic acids is 3. The smallest absolute Gasteiger partial charge is 0.226 e. The van der Waals surface area contributed by atoms with Gasteiger partial charge in [0.1, 0.15) is 82.3 Å². The van der Waals surface area contributed by atoms with Crippen molar-refractivity contribution in [1.82, 2.24) is 57.8 Å². The molecular weight excluding hydrogens is 1460 g/mol. The number of aromatic nitrogens is 9. The Kier molecular flexibility index (Phi) is 17.5. The second-order valence-electron chi connectivity index (χ2n) is 27.4. The maximum absolute atomic E-state index is 12.6. The highest BCUT2D eigenvalue weighted by Crippen LogP contribution is 2.57. The molecule has 6 aliphatic heterocycles. The van der Waals surface area contributed by atoms with E-state index >= 15 is 0 Å². The van der Waals surface area contributed by atoms with Crippen molar-refractivity contribution in [3.05, 3.63) is 140 Å². The molecule has 9 aromatic rings. The third-order valence-corrected chi connectivity index (χ3v) is 23.9. The molecule has 6 saturated heterocycles. The summed E-state index contributed by atoms with van der Waals surface area (Å²) in [4.78, 5) is 72.7. The van der Waals surface area contributed by atoms with Gasteiger partial charge in [-0.1, -0.05) is 0 Å². The third-order valence-electron chi connectivity index (χ3n) is 22.2. The Balaban J connectivity index is 0.000000116. The predicted octanol–water partition coefficient (Wildman–Crippen LogP) is 11.5. The number of benzene rings is 3. The molecule has 0 radical (unpaired) electrons. The highest BCUT2D eigenvalue weighted by Gasteiger charge is 2.62. The number of methoxy groups -OCH3 is 6. The fourth-order valence-corrected chi connectivity index (χ4v) is 18.6. The molecule has 0 spiro atoms. The van der Waals surface area contributed by atoms with Gasteiger partial charge in [0.05, 0.1) is 42.7 Å². The highest BCUT2D eigenvalue weighted by atomic mass is 79.9. The van der Waals surface area contributed by atoms with Gasteiger partial charge in [0.25, 0.3) is 0 Å². The normalized spacial score (nSPS) is 25.7. The van der Waals surface area contributed by atoms with Crippen molar-refractivity contribution < 1.29 is 42.8 Å². The van der Waals surface area contributed by atoms with E-state index in [9.17, 15) is 14.4 Å². The van der Waals surface area contributed by atoms with Crippen LogP contribution in [-0.4, -0.2) is 156 Å². The molecule has 3 N–H and O–H groups in total. The van der Waals surface area contributed by atoms with Crippen LogP contribution in [0.25, 0.3) is 16.6 Å². The van der Waals surface area contributed by atoms with Gasteiger partial charge >= 0.3 is 0 Å². The lowest BCUT2D eigenvalue weighted by Gasteiger charge is -2.36. The summed E-state index contributed by atoms with van der Waals surface area (Å²) in [5, 5.41) is 10.3. The Hall–Kier alpha value is -8.43. The van der Waals surface area contributed by atoms with Gasteiger partial charge in [0.2, 0.25) is 17.7 Å². The Morgan fingerprint density at radius 3 is 0.980 bits per heavy atom. The minimum absolute atomic E-state index is 0.221. The Labute approximate surface area is 597 Å². The highest BCUT2D eigenvalue weighted by molar-refractivity contribution is 9.11. The number of ether oxygens (including phenoxy) is 6. The number of nitrogens with zero attached hydrogens (tertiary/aromatic N) is 12. The van der Waals surface area contributed by atoms with Crippen LogP contribution in [0.2, 0.25) is 0 Å². The summed E-state index contributed by atoms with van der Waals surface area (Å²) < 4.78 is 41.1. The molecule has 18 rings (SSSR count). The standard InChI is InChI=1S/3C24H26BrN5O3/c3*1-32-15-5-3-13(19(9-15)33-2)11-27-22-20-21(25)28-23(29(20)8-7-26-22)14-4-6-18-16-10-17(16)24(31)30(18)12-14/h3*3,5,7-9,14,16-18H,4,6,10-12H2,1-2H3,(H,26,27). The fourth-order valence-electron chi connectivity index (χ4n) is 17.0. The summed E-state index contributed by atoms with van der Waals surface area (Å²) in [6, 6.07) is 18.7. The second-order valence-corrected chi connectivity index (χ2v) is 29.6. The molecule has 12 heterocycles. The summed E-state index contributed by atoms with van der Waals surface area (Å²) >= 11 is 11.0. The lowest BCUT2D eigenvalue weighted by Crippen LogP contribution is -2.43. The van der Waals surface area contributed by atoms with Crippen LogP contribution in [0.1, 0.15) is 110 Å². The largest absolute Gasteiger partial charge is 0.497 e. The van der Waals surface area contributed by atoms with Crippen molar-refractivity contribution in [2.24, 2.45) is 35.5 Å². The number of nitrogens with one attached hydrogen (secondary N) is 3. The van der Waals surface area contributed by atoms with Crippen LogP contribution in [0.3, 0.4) is 0 Å². The van der Waals surface area contributed by atoms with Crippen molar-refractivity contribution >= 4 is 99.5 Å². The number of hydrogen-bond acceptors (Lipinski definition) is 18. The van der Waals surface area contributed by atoms with Crippen LogP contribution in [0.4, 0.5) is 17.5 Å². The Bertz CT molecular complexity index is 4190. The first-order valence-electron chi connectivity index (χ1n) is 34.1. The van der Waals surface area contributed by atoms with Gasteiger partial charge < -0.3 is 59.1 Å². The number of rotatable bonds is 18. The average molecular weight is 1540 g/mol. The van der Waals surface area contributed by atoms with Crippen LogP contribution in [-0.2, 0) is 34.0 Å². The summed E-state index contributed by atoms with van der Waals surface area (Å²) in [5.74, 6) is 14.2. The minimum atomic E-state index is 0.221. The second kappa shape index (κ2) is 26.6. The molecule has 9 fully saturated rings. The van der Waals surface area contributed by atoms with Crippen LogP contribution in [0, 0.1) is 35.5 Å². The minimum Gasteiger partial charge on any atom is -0.497 e. The molecule has 99 heavy (non-hydrogen) atoms. The summed E-state index contributed by atoms with van der Waals surface area (Å²) in [5.41, 5.74) is 5.71. The van der Waals surface area contributed by atoms with E-state index in [1.54, 1.807) is 61.2 Å². The van der Waals surface area contributed by atoms with Gasteiger partial charge in [-0.05, 0) is 160 Å². The van der Waals surface area contributed by atoms with E-state index in [-0.39, 0.29) is 17.8 Å². The first-order valence-corrected chi connectivity index (χ1v) is 36.5. The first kappa shape index (κ1) is 65.2. The zero-order valence-corrected chi connectivity index (χ0v) is 60.6. The van der Waals surface area contributed by atoms with Crippen molar-refractivity contribution in [1.29, 1.82) is 0 Å². The lowest BCUT2D eigenvalue weighted by atomic mass is 9.91. The van der Waals surface area contributed by atoms with Gasteiger partial charge in [-0.25, -0.2) is 29.9 Å². The number of imidazole rings is 3. The number of hydrogen-bond donors (Lipinski definition) is 3. The van der Waals surface area contributed by atoms with Crippen LogP contribution in [0.5, 0.6) is 34.5 Å². The van der Waals surface area contributed by atoms with Crippen molar-refractivity contribution in [2.45, 2.75) is 113 Å².